The lowest BCUT2D eigenvalue weighted by atomic mass is 10.1. The Morgan fingerprint density at radius 1 is 1.50 bits per heavy atom. The minimum atomic E-state index is -0.125. The summed E-state index contributed by atoms with van der Waals surface area (Å²) in [7, 11) is 1.60. The van der Waals surface area contributed by atoms with Crippen LogP contribution in [0.5, 0.6) is 5.06 Å². The summed E-state index contributed by atoms with van der Waals surface area (Å²) in [5, 5.41) is 13.1. The summed E-state index contributed by atoms with van der Waals surface area (Å²) in [6, 6.07) is 3.59. The topological polar surface area (TPSA) is 61.8 Å². The maximum atomic E-state index is 11.9. The Hall–Kier alpha value is -1.11. The van der Waals surface area contributed by atoms with Crippen molar-refractivity contribution < 1.29 is 14.6 Å². The molecule has 0 radical (unpaired) electrons. The summed E-state index contributed by atoms with van der Waals surface area (Å²) in [6.07, 6.45) is 2.53. The van der Waals surface area contributed by atoms with Gasteiger partial charge in [-0.1, -0.05) is 11.3 Å². The molecule has 5 nitrogen and oxygen atoms in total. The van der Waals surface area contributed by atoms with Gasteiger partial charge in [0.05, 0.1) is 18.1 Å². The van der Waals surface area contributed by atoms with Crippen LogP contribution in [0.25, 0.3) is 0 Å². The number of likely N-dealkylation sites (tertiary alicyclic amines) is 1. The monoisotopic (exact) mass is 298 g/mol. The van der Waals surface area contributed by atoms with E-state index in [4.69, 9.17) is 4.74 Å². The molecule has 112 valence electrons. The van der Waals surface area contributed by atoms with Gasteiger partial charge in [0.25, 0.3) is 5.91 Å². The molecule has 2 rings (SSSR count). The van der Waals surface area contributed by atoms with Crippen LogP contribution in [0.2, 0.25) is 0 Å². The van der Waals surface area contributed by atoms with Crippen molar-refractivity contribution in [2.75, 3.05) is 33.3 Å². The van der Waals surface area contributed by atoms with E-state index >= 15 is 0 Å². The van der Waals surface area contributed by atoms with E-state index in [0.29, 0.717) is 11.4 Å². The largest absolute Gasteiger partial charge is 0.487 e. The lowest BCUT2D eigenvalue weighted by Gasteiger charge is -2.29. The number of carbonyl (C=O) groups excluding carboxylic acids is 1. The van der Waals surface area contributed by atoms with Crippen molar-refractivity contribution >= 4 is 17.2 Å². The van der Waals surface area contributed by atoms with E-state index in [1.165, 1.54) is 11.3 Å². The van der Waals surface area contributed by atoms with Crippen LogP contribution in [0.15, 0.2) is 12.1 Å². The van der Waals surface area contributed by atoms with Crippen LogP contribution in [0.4, 0.5) is 0 Å². The highest BCUT2D eigenvalue weighted by Gasteiger charge is 2.16. The van der Waals surface area contributed by atoms with Crippen LogP contribution in [0.1, 0.15) is 28.9 Å². The second-order valence-corrected chi connectivity index (χ2v) is 6.05. The Labute approximate surface area is 123 Å². The first kappa shape index (κ1) is 15.3. The molecule has 1 aliphatic heterocycles. The Kier molecular flexibility index (Phi) is 5.82. The number of piperidine rings is 1. The molecule has 1 saturated heterocycles. The Balaban J connectivity index is 1.62. The van der Waals surface area contributed by atoms with Crippen molar-refractivity contribution in [1.29, 1.82) is 0 Å². The number of nitrogens with one attached hydrogen (secondary N) is 1. The van der Waals surface area contributed by atoms with Crippen LogP contribution < -0.4 is 10.1 Å². The Bertz CT molecular complexity index is 428. The number of aliphatic hydroxyl groups is 1. The number of amides is 1. The maximum Gasteiger partial charge on any atom is 0.261 e. The van der Waals surface area contributed by atoms with E-state index in [1.807, 2.05) is 0 Å². The molecule has 1 aliphatic rings. The van der Waals surface area contributed by atoms with Crippen LogP contribution in [0, 0.1) is 0 Å². The van der Waals surface area contributed by atoms with Gasteiger partial charge in [-0.2, -0.15) is 0 Å². The van der Waals surface area contributed by atoms with E-state index in [0.717, 1.165) is 44.0 Å². The number of nitrogens with zero attached hydrogens (tertiary/aromatic N) is 1. The second-order valence-electron chi connectivity index (χ2n) is 5.01. The lowest BCUT2D eigenvalue weighted by molar-refractivity contribution is 0.0816. The van der Waals surface area contributed by atoms with Crippen LogP contribution in [-0.2, 0) is 0 Å². The third kappa shape index (κ3) is 4.47. The molecule has 0 atom stereocenters. The molecule has 20 heavy (non-hydrogen) atoms. The molecule has 0 spiro atoms. The van der Waals surface area contributed by atoms with Gasteiger partial charge in [0.15, 0.2) is 5.06 Å². The van der Waals surface area contributed by atoms with Crippen molar-refractivity contribution in [3.8, 4) is 5.06 Å². The molecular formula is C14H22N2O3S. The predicted molar refractivity (Wildman–Crippen MR) is 79.5 cm³/mol. The van der Waals surface area contributed by atoms with E-state index in [2.05, 4.69) is 10.2 Å². The first-order valence-electron chi connectivity index (χ1n) is 7.01. The zero-order chi connectivity index (χ0) is 14.4. The fraction of sp³-hybridized carbons (Fsp3) is 0.643. The summed E-state index contributed by atoms with van der Waals surface area (Å²) in [5.41, 5.74) is 0. The third-order valence-corrected chi connectivity index (χ3v) is 4.55. The van der Waals surface area contributed by atoms with E-state index in [-0.39, 0.29) is 12.0 Å². The Morgan fingerprint density at radius 2 is 2.25 bits per heavy atom. The highest BCUT2D eigenvalue weighted by molar-refractivity contribution is 7.15. The number of carbonyl (C=O) groups is 1. The average molecular weight is 298 g/mol. The van der Waals surface area contributed by atoms with Gasteiger partial charge in [-0.15, -0.1) is 0 Å². The summed E-state index contributed by atoms with van der Waals surface area (Å²) in [5.74, 6) is -0.0348. The normalized spacial score (nSPS) is 17.1. The molecule has 0 unspecified atom stereocenters. The summed E-state index contributed by atoms with van der Waals surface area (Å²) in [6.45, 7) is 3.56. The number of rotatable bonds is 6. The quantitative estimate of drug-likeness (QED) is 0.778. The van der Waals surface area contributed by atoms with Crippen molar-refractivity contribution in [3.05, 3.63) is 17.0 Å². The van der Waals surface area contributed by atoms with Gasteiger partial charge < -0.3 is 20.1 Å². The highest BCUT2D eigenvalue weighted by atomic mass is 32.1. The third-order valence-electron chi connectivity index (χ3n) is 3.50. The zero-order valence-corrected chi connectivity index (χ0v) is 12.6. The zero-order valence-electron chi connectivity index (χ0n) is 11.8. The molecule has 6 heteroatoms. The average Bonchev–Trinajstić information content (AvgIpc) is 2.94. The van der Waals surface area contributed by atoms with Gasteiger partial charge in [0.2, 0.25) is 0 Å². The van der Waals surface area contributed by atoms with Gasteiger partial charge in [0, 0.05) is 19.6 Å². The number of methoxy groups -OCH3 is 1. The molecule has 1 amide bonds. The smallest absolute Gasteiger partial charge is 0.261 e. The second kappa shape index (κ2) is 7.61. The van der Waals surface area contributed by atoms with Crippen molar-refractivity contribution in [2.45, 2.75) is 25.4 Å². The van der Waals surface area contributed by atoms with E-state index in [9.17, 15) is 9.90 Å². The number of ether oxygens (including phenoxy) is 1. The van der Waals surface area contributed by atoms with Gasteiger partial charge in [0.1, 0.15) is 0 Å². The summed E-state index contributed by atoms with van der Waals surface area (Å²) >= 11 is 1.35. The van der Waals surface area contributed by atoms with Crippen LogP contribution in [-0.4, -0.2) is 55.3 Å². The fourth-order valence-corrected chi connectivity index (χ4v) is 3.02. The SMILES string of the molecule is COc1ccc(C(=O)NCCCN2CCC(O)CC2)s1. The highest BCUT2D eigenvalue weighted by Crippen LogP contribution is 2.23. The number of hydrogen-bond acceptors (Lipinski definition) is 5. The predicted octanol–water partition coefficient (Wildman–Crippen LogP) is 1.33. The summed E-state index contributed by atoms with van der Waals surface area (Å²) in [4.78, 5) is 14.9. The Morgan fingerprint density at radius 3 is 2.90 bits per heavy atom. The van der Waals surface area contributed by atoms with Crippen LogP contribution >= 0.6 is 11.3 Å². The molecule has 1 aromatic rings. The fourth-order valence-electron chi connectivity index (χ4n) is 2.29. The standard InChI is InChI=1S/C14H22N2O3S/c1-19-13-4-3-12(20-13)14(18)15-7-2-8-16-9-5-11(17)6-10-16/h3-4,11,17H,2,5-10H2,1H3,(H,15,18). The lowest BCUT2D eigenvalue weighted by Crippen LogP contribution is -2.37. The minimum Gasteiger partial charge on any atom is -0.487 e. The van der Waals surface area contributed by atoms with Crippen molar-refractivity contribution in [3.63, 3.8) is 0 Å². The van der Waals surface area contributed by atoms with Crippen LogP contribution in [0.3, 0.4) is 0 Å². The molecule has 1 fully saturated rings. The molecular weight excluding hydrogens is 276 g/mol. The van der Waals surface area contributed by atoms with Crippen molar-refractivity contribution in [1.82, 2.24) is 10.2 Å². The molecule has 0 saturated carbocycles. The number of thiophene rings is 1. The first-order chi connectivity index (χ1) is 9.69. The first-order valence-corrected chi connectivity index (χ1v) is 7.83. The molecule has 0 aliphatic carbocycles. The van der Waals surface area contributed by atoms with Gasteiger partial charge in [-0.3, -0.25) is 4.79 Å². The van der Waals surface area contributed by atoms with Gasteiger partial charge in [-0.05, 0) is 37.9 Å². The van der Waals surface area contributed by atoms with Crippen molar-refractivity contribution in [2.24, 2.45) is 0 Å². The van der Waals surface area contributed by atoms with E-state index < -0.39 is 0 Å². The molecule has 2 N–H and O–H groups in total. The summed E-state index contributed by atoms with van der Waals surface area (Å²) < 4.78 is 5.07. The molecule has 0 bridgehead atoms. The van der Waals surface area contributed by atoms with E-state index in [1.54, 1.807) is 19.2 Å². The number of aliphatic hydroxyl groups excluding tert-OH is 1. The molecule has 0 aromatic carbocycles. The van der Waals surface area contributed by atoms with Gasteiger partial charge in [-0.25, -0.2) is 0 Å². The van der Waals surface area contributed by atoms with Gasteiger partial charge >= 0.3 is 0 Å². The minimum absolute atomic E-state index is 0.0348. The molecule has 1 aromatic heterocycles. The maximum absolute atomic E-state index is 11.9. The number of hydrogen-bond donors (Lipinski definition) is 2. The molecule has 2 heterocycles.